The summed E-state index contributed by atoms with van der Waals surface area (Å²) in [5, 5.41) is 16.8. The monoisotopic (exact) mass is 331 g/mol. The van der Waals surface area contributed by atoms with Crippen molar-refractivity contribution in [1.82, 2.24) is 14.3 Å². The first kappa shape index (κ1) is 16.1. The van der Waals surface area contributed by atoms with Gasteiger partial charge >= 0.3 is 0 Å². The summed E-state index contributed by atoms with van der Waals surface area (Å²) in [5.74, 6) is 0. The van der Waals surface area contributed by atoms with E-state index in [4.69, 9.17) is 11.6 Å². The second kappa shape index (κ2) is 6.02. The number of benzene rings is 1. The van der Waals surface area contributed by atoms with Gasteiger partial charge in [-0.15, -0.1) is 0 Å². The van der Waals surface area contributed by atoms with Crippen LogP contribution in [0.5, 0.6) is 0 Å². The number of aromatic nitrogens is 3. The largest absolute Gasteiger partial charge is 0.389 e. The lowest BCUT2D eigenvalue weighted by molar-refractivity contribution is 0.130. The predicted molar refractivity (Wildman–Crippen MR) is 94.1 cm³/mol. The molecule has 3 rings (SSSR count). The molecule has 0 aliphatic heterocycles. The van der Waals surface area contributed by atoms with Crippen LogP contribution in [0.3, 0.4) is 0 Å². The average Bonchev–Trinajstić information content (AvgIpc) is 2.92. The predicted octanol–water partition coefficient (Wildman–Crippen LogP) is 3.79. The highest BCUT2D eigenvalue weighted by Gasteiger charge is 2.17. The van der Waals surface area contributed by atoms with Gasteiger partial charge in [-0.2, -0.15) is 5.10 Å². The first-order valence-corrected chi connectivity index (χ1v) is 8.19. The lowest BCUT2D eigenvalue weighted by Gasteiger charge is -2.16. The van der Waals surface area contributed by atoms with E-state index in [0.29, 0.717) is 13.1 Å². The molecular weight excluding hydrogens is 310 g/mol. The molecule has 0 amide bonds. The van der Waals surface area contributed by atoms with Crippen LogP contribution in [0.25, 0.3) is 10.9 Å². The summed E-state index contributed by atoms with van der Waals surface area (Å²) >= 11 is 6.40. The molecular formula is C18H22ClN3O. The highest BCUT2D eigenvalue weighted by molar-refractivity contribution is 6.35. The number of aliphatic hydroxyl groups excluding tert-OH is 1. The Morgan fingerprint density at radius 3 is 2.57 bits per heavy atom. The Morgan fingerprint density at radius 1 is 1.17 bits per heavy atom. The van der Waals surface area contributed by atoms with Crippen LogP contribution in [0.15, 0.2) is 24.3 Å². The second-order valence-corrected chi connectivity index (χ2v) is 6.63. The van der Waals surface area contributed by atoms with Crippen molar-refractivity contribution < 1.29 is 5.11 Å². The number of hydrogen-bond donors (Lipinski definition) is 1. The lowest BCUT2D eigenvalue weighted by Crippen LogP contribution is -2.24. The Balaban J connectivity index is 1.92. The number of rotatable bonds is 4. The maximum Gasteiger partial charge on any atom is 0.0914 e. The van der Waals surface area contributed by atoms with Gasteiger partial charge in [0.15, 0.2) is 0 Å². The third-order valence-corrected chi connectivity index (χ3v) is 4.79. The van der Waals surface area contributed by atoms with Gasteiger partial charge in [0, 0.05) is 16.8 Å². The molecule has 0 saturated carbocycles. The number of aryl methyl sites for hydroxylation is 3. The SMILES string of the molecule is Cc1cc(C)n(C[C@H](O)Cn2c(C)c(C)c3cccc(Cl)c32)n1. The Morgan fingerprint density at radius 2 is 1.91 bits per heavy atom. The molecule has 0 aliphatic carbocycles. The number of aliphatic hydroxyl groups is 1. The van der Waals surface area contributed by atoms with E-state index in [1.165, 1.54) is 5.56 Å². The van der Waals surface area contributed by atoms with E-state index in [1.54, 1.807) is 0 Å². The minimum absolute atomic E-state index is 0.474. The van der Waals surface area contributed by atoms with Gasteiger partial charge in [0.1, 0.15) is 0 Å². The number of nitrogens with zero attached hydrogens (tertiary/aromatic N) is 3. The fraction of sp³-hybridized carbons (Fsp3) is 0.389. The zero-order valence-corrected chi connectivity index (χ0v) is 14.7. The van der Waals surface area contributed by atoms with Crippen molar-refractivity contribution in [3.05, 3.63) is 51.9 Å². The summed E-state index contributed by atoms with van der Waals surface area (Å²) in [4.78, 5) is 0. The molecule has 0 unspecified atom stereocenters. The number of halogens is 1. The Hall–Kier alpha value is -1.78. The van der Waals surface area contributed by atoms with E-state index in [2.05, 4.69) is 29.6 Å². The van der Waals surface area contributed by atoms with Crippen LogP contribution in [0.4, 0.5) is 0 Å². The molecule has 23 heavy (non-hydrogen) atoms. The summed E-state index contributed by atoms with van der Waals surface area (Å²) in [6.07, 6.45) is -0.530. The summed E-state index contributed by atoms with van der Waals surface area (Å²) in [5.41, 5.74) is 5.37. The lowest BCUT2D eigenvalue weighted by atomic mass is 10.2. The Bertz CT molecular complexity index is 863. The minimum atomic E-state index is -0.530. The molecule has 0 bridgehead atoms. The zero-order chi connectivity index (χ0) is 16.7. The van der Waals surface area contributed by atoms with Crippen LogP contribution in [0.2, 0.25) is 5.02 Å². The van der Waals surface area contributed by atoms with Crippen LogP contribution in [0.1, 0.15) is 22.6 Å². The van der Waals surface area contributed by atoms with E-state index in [9.17, 15) is 5.11 Å². The van der Waals surface area contributed by atoms with Gasteiger partial charge < -0.3 is 9.67 Å². The molecule has 1 aromatic carbocycles. The van der Waals surface area contributed by atoms with E-state index in [0.717, 1.165) is 33.0 Å². The molecule has 4 nitrogen and oxygen atoms in total. The standard InChI is InChI=1S/C18H22ClN3O/c1-11-8-12(2)22(20-11)10-15(23)9-21-14(4)13(3)16-6-5-7-17(19)18(16)21/h5-8,15,23H,9-10H2,1-4H3/t15-/m1/s1. The quantitative estimate of drug-likeness (QED) is 0.790. The zero-order valence-electron chi connectivity index (χ0n) is 14.0. The number of para-hydroxylation sites is 1. The maximum atomic E-state index is 10.5. The molecule has 0 spiro atoms. The van der Waals surface area contributed by atoms with Crippen molar-refractivity contribution in [1.29, 1.82) is 0 Å². The normalized spacial score (nSPS) is 13.0. The molecule has 1 N–H and O–H groups in total. The molecule has 2 aromatic heterocycles. The molecule has 0 aliphatic rings. The summed E-state index contributed by atoms with van der Waals surface area (Å²) in [6, 6.07) is 7.96. The number of hydrogen-bond acceptors (Lipinski definition) is 2. The second-order valence-electron chi connectivity index (χ2n) is 6.22. The minimum Gasteiger partial charge on any atom is -0.389 e. The molecule has 2 heterocycles. The van der Waals surface area contributed by atoms with E-state index < -0.39 is 6.10 Å². The number of fused-ring (bicyclic) bond motifs is 1. The fourth-order valence-corrected chi connectivity index (χ4v) is 3.49. The molecule has 0 fully saturated rings. The fourth-order valence-electron chi connectivity index (χ4n) is 3.21. The van der Waals surface area contributed by atoms with Gasteiger partial charge in [0.05, 0.1) is 35.4 Å². The highest BCUT2D eigenvalue weighted by atomic mass is 35.5. The van der Waals surface area contributed by atoms with Gasteiger partial charge in [-0.05, 0) is 45.4 Å². The van der Waals surface area contributed by atoms with Gasteiger partial charge in [0.25, 0.3) is 0 Å². The Labute approximate surface area is 141 Å². The highest BCUT2D eigenvalue weighted by Crippen LogP contribution is 2.30. The molecule has 0 saturated heterocycles. The van der Waals surface area contributed by atoms with Crippen molar-refractivity contribution in [3.63, 3.8) is 0 Å². The molecule has 122 valence electrons. The van der Waals surface area contributed by atoms with Crippen molar-refractivity contribution in [3.8, 4) is 0 Å². The first-order valence-electron chi connectivity index (χ1n) is 7.81. The molecule has 1 atom stereocenters. The van der Waals surface area contributed by atoms with Crippen LogP contribution in [-0.4, -0.2) is 25.6 Å². The summed E-state index contributed by atoms with van der Waals surface area (Å²) in [7, 11) is 0. The summed E-state index contributed by atoms with van der Waals surface area (Å²) < 4.78 is 3.97. The van der Waals surface area contributed by atoms with Crippen molar-refractivity contribution in [2.24, 2.45) is 0 Å². The van der Waals surface area contributed by atoms with Crippen LogP contribution < -0.4 is 0 Å². The average molecular weight is 332 g/mol. The van der Waals surface area contributed by atoms with Gasteiger partial charge in [-0.1, -0.05) is 23.7 Å². The third-order valence-electron chi connectivity index (χ3n) is 4.49. The molecule has 0 radical (unpaired) electrons. The van der Waals surface area contributed by atoms with Gasteiger partial charge in [0.2, 0.25) is 0 Å². The van der Waals surface area contributed by atoms with Crippen LogP contribution in [-0.2, 0) is 13.1 Å². The maximum absolute atomic E-state index is 10.5. The van der Waals surface area contributed by atoms with Crippen molar-refractivity contribution in [2.75, 3.05) is 0 Å². The topological polar surface area (TPSA) is 43.0 Å². The Kier molecular flexibility index (Phi) is 4.21. The van der Waals surface area contributed by atoms with Gasteiger partial charge in [-0.25, -0.2) is 0 Å². The van der Waals surface area contributed by atoms with E-state index in [1.807, 2.05) is 36.7 Å². The summed E-state index contributed by atoms with van der Waals surface area (Å²) in [6.45, 7) is 9.10. The molecule has 5 heteroatoms. The van der Waals surface area contributed by atoms with Crippen molar-refractivity contribution >= 4 is 22.5 Å². The van der Waals surface area contributed by atoms with Crippen LogP contribution >= 0.6 is 11.6 Å². The van der Waals surface area contributed by atoms with E-state index >= 15 is 0 Å². The van der Waals surface area contributed by atoms with Crippen LogP contribution in [0, 0.1) is 27.7 Å². The van der Waals surface area contributed by atoms with E-state index in [-0.39, 0.29) is 0 Å². The first-order chi connectivity index (χ1) is 10.9. The van der Waals surface area contributed by atoms with Gasteiger partial charge in [-0.3, -0.25) is 4.68 Å². The molecule has 3 aromatic rings. The smallest absolute Gasteiger partial charge is 0.0914 e. The van der Waals surface area contributed by atoms with Crippen molar-refractivity contribution in [2.45, 2.75) is 46.9 Å². The third kappa shape index (κ3) is 2.89.